The highest BCUT2D eigenvalue weighted by molar-refractivity contribution is 6.46. The molecule has 3 rings (SSSR count). The predicted molar refractivity (Wildman–Crippen MR) is 113 cm³/mol. The number of amides is 1. The molecule has 29 heavy (non-hydrogen) atoms. The maximum Gasteiger partial charge on any atom is 0.295 e. The molecule has 6 heteroatoms. The lowest BCUT2D eigenvalue weighted by Crippen LogP contribution is -2.30. The van der Waals surface area contributed by atoms with Crippen LogP contribution in [-0.4, -0.2) is 35.4 Å². The maximum absolute atomic E-state index is 12.9. The Morgan fingerprint density at radius 2 is 1.93 bits per heavy atom. The number of hydrogen-bond acceptors (Lipinski definition) is 4. The van der Waals surface area contributed by atoms with Crippen LogP contribution in [-0.2, 0) is 9.59 Å². The zero-order valence-corrected chi connectivity index (χ0v) is 17.5. The van der Waals surface area contributed by atoms with Gasteiger partial charge in [-0.05, 0) is 42.7 Å². The average Bonchev–Trinajstić information content (AvgIpc) is 2.96. The number of aryl methyl sites for hydroxylation is 1. The third-order valence-electron chi connectivity index (χ3n) is 5.20. The van der Waals surface area contributed by atoms with Gasteiger partial charge in [0.1, 0.15) is 11.5 Å². The van der Waals surface area contributed by atoms with E-state index in [0.717, 1.165) is 24.0 Å². The van der Waals surface area contributed by atoms with Crippen LogP contribution in [0.2, 0.25) is 5.02 Å². The summed E-state index contributed by atoms with van der Waals surface area (Å²) in [5.41, 5.74) is 2.22. The van der Waals surface area contributed by atoms with E-state index in [9.17, 15) is 14.7 Å². The van der Waals surface area contributed by atoms with Crippen molar-refractivity contribution >= 4 is 29.1 Å². The lowest BCUT2D eigenvalue weighted by Gasteiger charge is -2.26. The molecule has 1 heterocycles. The summed E-state index contributed by atoms with van der Waals surface area (Å²) in [5.74, 6) is -1.05. The van der Waals surface area contributed by atoms with Crippen molar-refractivity contribution in [3.63, 3.8) is 0 Å². The summed E-state index contributed by atoms with van der Waals surface area (Å²) in [6.07, 6.45) is 1.65. The Morgan fingerprint density at radius 1 is 1.21 bits per heavy atom. The topological polar surface area (TPSA) is 66.8 Å². The van der Waals surface area contributed by atoms with Crippen LogP contribution in [0, 0.1) is 6.92 Å². The molecule has 0 radical (unpaired) electrons. The van der Waals surface area contributed by atoms with Gasteiger partial charge in [0.15, 0.2) is 0 Å². The van der Waals surface area contributed by atoms with Crippen molar-refractivity contribution in [3.05, 3.63) is 69.8 Å². The number of nitrogens with zero attached hydrogens (tertiary/aromatic N) is 1. The van der Waals surface area contributed by atoms with Gasteiger partial charge in [0.25, 0.3) is 11.7 Å². The Morgan fingerprint density at radius 3 is 2.55 bits per heavy atom. The number of carbonyl (C=O) groups is 2. The fraction of sp³-hybridized carbons (Fsp3) is 0.304. The van der Waals surface area contributed by atoms with E-state index in [0.29, 0.717) is 22.9 Å². The fourth-order valence-electron chi connectivity index (χ4n) is 3.63. The van der Waals surface area contributed by atoms with Crippen molar-refractivity contribution in [1.29, 1.82) is 0 Å². The number of halogens is 1. The Labute approximate surface area is 175 Å². The SMILES string of the molecule is CCCCN1C(=O)C(=O)/C(=C(/O)c2ccc(OC)c(Cl)c2)C1c1ccccc1C. The first-order valence-corrected chi connectivity index (χ1v) is 9.96. The van der Waals surface area contributed by atoms with Crippen molar-refractivity contribution < 1.29 is 19.4 Å². The molecule has 1 saturated heterocycles. The van der Waals surface area contributed by atoms with E-state index in [2.05, 4.69) is 0 Å². The molecular formula is C23H24ClNO4. The summed E-state index contributed by atoms with van der Waals surface area (Å²) in [4.78, 5) is 27.3. The number of aliphatic hydroxyl groups excluding tert-OH is 1. The monoisotopic (exact) mass is 413 g/mol. The number of Topliss-reactive ketones (excluding diaryl/α,β-unsaturated/α-hetero) is 1. The number of benzene rings is 2. The molecule has 1 amide bonds. The lowest BCUT2D eigenvalue weighted by molar-refractivity contribution is -0.139. The fourth-order valence-corrected chi connectivity index (χ4v) is 3.88. The molecule has 0 saturated carbocycles. The van der Waals surface area contributed by atoms with Gasteiger partial charge in [0.05, 0.1) is 23.7 Å². The molecule has 0 spiro atoms. The summed E-state index contributed by atoms with van der Waals surface area (Å²) in [7, 11) is 1.50. The minimum Gasteiger partial charge on any atom is -0.507 e. The van der Waals surface area contributed by atoms with Gasteiger partial charge in [-0.25, -0.2) is 0 Å². The summed E-state index contributed by atoms with van der Waals surface area (Å²) < 4.78 is 5.15. The van der Waals surface area contributed by atoms with Crippen molar-refractivity contribution in [1.82, 2.24) is 4.90 Å². The second-order valence-corrected chi connectivity index (χ2v) is 7.46. The molecule has 152 valence electrons. The van der Waals surface area contributed by atoms with Gasteiger partial charge in [-0.2, -0.15) is 0 Å². The third kappa shape index (κ3) is 3.87. The normalized spacial score (nSPS) is 18.3. The van der Waals surface area contributed by atoms with Crippen LogP contribution in [0.3, 0.4) is 0 Å². The molecule has 1 aliphatic rings. The van der Waals surface area contributed by atoms with Crippen LogP contribution in [0.4, 0.5) is 0 Å². The first-order valence-electron chi connectivity index (χ1n) is 9.58. The molecule has 1 fully saturated rings. The molecular weight excluding hydrogens is 390 g/mol. The van der Waals surface area contributed by atoms with Crippen LogP contribution in [0.1, 0.15) is 42.5 Å². The van der Waals surface area contributed by atoms with E-state index in [1.54, 1.807) is 17.0 Å². The van der Waals surface area contributed by atoms with Crippen molar-refractivity contribution in [3.8, 4) is 5.75 Å². The summed E-state index contributed by atoms with van der Waals surface area (Å²) in [6.45, 7) is 4.40. The van der Waals surface area contributed by atoms with Crippen LogP contribution in [0.5, 0.6) is 5.75 Å². The first-order chi connectivity index (χ1) is 13.9. The molecule has 0 aromatic heterocycles. The molecule has 1 aliphatic heterocycles. The lowest BCUT2D eigenvalue weighted by atomic mass is 9.92. The molecule has 2 aromatic rings. The number of ketones is 1. The minimum atomic E-state index is -0.682. The summed E-state index contributed by atoms with van der Waals surface area (Å²) in [5, 5.41) is 11.4. The van der Waals surface area contributed by atoms with E-state index in [-0.39, 0.29) is 11.3 Å². The summed E-state index contributed by atoms with van der Waals surface area (Å²) >= 11 is 6.20. The van der Waals surface area contributed by atoms with Crippen LogP contribution < -0.4 is 4.74 Å². The van der Waals surface area contributed by atoms with Gasteiger partial charge in [0, 0.05) is 12.1 Å². The minimum absolute atomic E-state index is 0.0848. The van der Waals surface area contributed by atoms with E-state index < -0.39 is 17.7 Å². The highest BCUT2D eigenvalue weighted by Gasteiger charge is 2.46. The van der Waals surface area contributed by atoms with Gasteiger partial charge >= 0.3 is 0 Å². The summed E-state index contributed by atoms with van der Waals surface area (Å²) in [6, 6.07) is 11.7. The highest BCUT2D eigenvalue weighted by Crippen LogP contribution is 2.41. The highest BCUT2D eigenvalue weighted by atomic mass is 35.5. The van der Waals surface area contributed by atoms with Crippen LogP contribution in [0.15, 0.2) is 48.0 Å². The second kappa shape index (κ2) is 8.70. The molecule has 2 aromatic carbocycles. The number of hydrogen-bond donors (Lipinski definition) is 1. The molecule has 1 atom stereocenters. The van der Waals surface area contributed by atoms with Crippen LogP contribution in [0.25, 0.3) is 5.76 Å². The van der Waals surface area contributed by atoms with Gasteiger partial charge in [0.2, 0.25) is 0 Å². The number of unbranched alkanes of at least 4 members (excludes halogenated alkanes) is 1. The van der Waals surface area contributed by atoms with E-state index in [4.69, 9.17) is 16.3 Å². The van der Waals surface area contributed by atoms with Gasteiger partial charge in [-0.15, -0.1) is 0 Å². The maximum atomic E-state index is 12.9. The Hall–Kier alpha value is -2.79. The largest absolute Gasteiger partial charge is 0.507 e. The number of methoxy groups -OCH3 is 1. The zero-order chi connectivity index (χ0) is 21.1. The van der Waals surface area contributed by atoms with Gasteiger partial charge < -0.3 is 14.7 Å². The second-order valence-electron chi connectivity index (χ2n) is 7.05. The quantitative estimate of drug-likeness (QED) is 0.416. The van der Waals surface area contributed by atoms with E-state index in [1.807, 2.05) is 38.1 Å². The van der Waals surface area contributed by atoms with Crippen LogP contribution >= 0.6 is 11.6 Å². The third-order valence-corrected chi connectivity index (χ3v) is 5.50. The number of likely N-dealkylation sites (tertiary alicyclic amines) is 1. The average molecular weight is 414 g/mol. The zero-order valence-electron chi connectivity index (χ0n) is 16.7. The molecule has 0 aliphatic carbocycles. The molecule has 1 N–H and O–H groups in total. The Balaban J connectivity index is 2.19. The first kappa shape index (κ1) is 20.9. The Kier molecular flexibility index (Phi) is 6.28. The number of aliphatic hydroxyl groups is 1. The molecule has 5 nitrogen and oxygen atoms in total. The smallest absolute Gasteiger partial charge is 0.295 e. The van der Waals surface area contributed by atoms with Crippen molar-refractivity contribution in [2.45, 2.75) is 32.7 Å². The number of ether oxygens (including phenoxy) is 1. The standard InChI is InChI=1S/C23H24ClNO4/c1-4-5-12-25-20(16-9-7-6-8-14(16)2)19(22(27)23(25)28)21(26)15-10-11-18(29-3)17(24)13-15/h6-11,13,20,26H,4-5,12H2,1-3H3/b21-19+. The van der Waals surface area contributed by atoms with Gasteiger partial charge in [-0.3, -0.25) is 9.59 Å². The number of rotatable bonds is 6. The molecule has 0 bridgehead atoms. The van der Waals surface area contributed by atoms with Crippen molar-refractivity contribution in [2.75, 3.05) is 13.7 Å². The van der Waals surface area contributed by atoms with Gasteiger partial charge in [-0.1, -0.05) is 49.2 Å². The van der Waals surface area contributed by atoms with Crippen molar-refractivity contribution in [2.24, 2.45) is 0 Å². The predicted octanol–water partition coefficient (Wildman–Crippen LogP) is 4.88. The van der Waals surface area contributed by atoms with E-state index >= 15 is 0 Å². The Bertz CT molecular complexity index is 983. The van der Waals surface area contributed by atoms with E-state index in [1.165, 1.54) is 13.2 Å². The molecule has 1 unspecified atom stereocenters. The number of carbonyl (C=O) groups excluding carboxylic acids is 2.